The second-order valence-corrected chi connectivity index (χ2v) is 7.63. The van der Waals surface area contributed by atoms with E-state index in [2.05, 4.69) is 20.7 Å². The van der Waals surface area contributed by atoms with Crippen LogP contribution >= 0.6 is 15.9 Å². The first-order valence-electron chi connectivity index (χ1n) is 6.27. The van der Waals surface area contributed by atoms with Crippen LogP contribution in [0, 0.1) is 6.92 Å². The Morgan fingerprint density at radius 2 is 1.89 bits per heavy atom. The molecule has 2 rings (SSSR count). The van der Waals surface area contributed by atoms with Crippen molar-refractivity contribution >= 4 is 31.6 Å². The maximum atomic E-state index is 12.3. The van der Waals surface area contributed by atoms with Gasteiger partial charge >= 0.3 is 0 Å². The van der Waals surface area contributed by atoms with Crippen molar-refractivity contribution in [3.63, 3.8) is 0 Å². The molecule has 0 saturated heterocycles. The normalized spacial score (nSPS) is 17.7. The molecule has 1 aromatic carbocycles. The average Bonchev–Trinajstić information content (AvgIpc) is 2.36. The van der Waals surface area contributed by atoms with Crippen molar-refractivity contribution in [2.45, 2.75) is 44.3 Å². The molecule has 0 spiro atoms. The maximum Gasteiger partial charge on any atom is 0.235 e. The summed E-state index contributed by atoms with van der Waals surface area (Å²) in [5.74, 6) is 0. The van der Waals surface area contributed by atoms with Crippen molar-refractivity contribution in [3.05, 3.63) is 28.2 Å². The van der Waals surface area contributed by atoms with Crippen molar-refractivity contribution in [1.82, 2.24) is 0 Å². The van der Waals surface area contributed by atoms with E-state index >= 15 is 0 Å². The molecule has 0 heterocycles. The Balaban J connectivity index is 2.19. The predicted octanol–water partition coefficient (Wildman–Crippen LogP) is 3.83. The lowest BCUT2D eigenvalue weighted by molar-refractivity contribution is 0.486. The van der Waals surface area contributed by atoms with Crippen LogP contribution in [0.3, 0.4) is 0 Å². The summed E-state index contributed by atoms with van der Waals surface area (Å²) in [6.07, 6.45) is 4.75. The van der Waals surface area contributed by atoms with E-state index in [1.807, 2.05) is 19.1 Å². The minimum absolute atomic E-state index is 0.232. The van der Waals surface area contributed by atoms with E-state index in [9.17, 15) is 8.42 Å². The molecular weight excluding hydrogens is 314 g/mol. The van der Waals surface area contributed by atoms with Crippen LogP contribution in [0.15, 0.2) is 22.7 Å². The number of hydrogen-bond acceptors (Lipinski definition) is 2. The van der Waals surface area contributed by atoms with Crippen LogP contribution in [0.4, 0.5) is 5.69 Å². The molecule has 0 atom stereocenters. The van der Waals surface area contributed by atoms with Gasteiger partial charge in [0.2, 0.25) is 10.0 Å². The highest BCUT2D eigenvalue weighted by molar-refractivity contribution is 9.10. The number of nitrogens with one attached hydrogen (secondary N) is 1. The Hall–Kier alpha value is -0.550. The largest absolute Gasteiger partial charge is 0.283 e. The number of hydrogen-bond donors (Lipinski definition) is 1. The summed E-state index contributed by atoms with van der Waals surface area (Å²) < 4.78 is 28.2. The minimum atomic E-state index is -3.25. The maximum absolute atomic E-state index is 12.3. The van der Waals surface area contributed by atoms with Gasteiger partial charge in [-0.05, 0) is 37.5 Å². The van der Waals surface area contributed by atoms with E-state index in [4.69, 9.17) is 0 Å². The molecule has 0 amide bonds. The van der Waals surface area contributed by atoms with E-state index < -0.39 is 10.0 Å². The van der Waals surface area contributed by atoms with Gasteiger partial charge in [0, 0.05) is 4.47 Å². The van der Waals surface area contributed by atoms with Gasteiger partial charge < -0.3 is 0 Å². The molecule has 0 unspecified atom stereocenters. The van der Waals surface area contributed by atoms with Gasteiger partial charge in [-0.25, -0.2) is 8.42 Å². The van der Waals surface area contributed by atoms with Crippen LogP contribution in [0.1, 0.15) is 37.7 Å². The zero-order chi connectivity index (χ0) is 13.2. The zero-order valence-electron chi connectivity index (χ0n) is 10.4. The molecule has 1 aliphatic rings. The number of sulfonamides is 1. The summed E-state index contributed by atoms with van der Waals surface area (Å²) in [7, 11) is -3.25. The molecule has 1 aromatic rings. The molecule has 1 N–H and O–H groups in total. The highest BCUT2D eigenvalue weighted by atomic mass is 79.9. The SMILES string of the molecule is Cc1c(Br)cccc1NS(=O)(=O)C1CCCCC1. The van der Waals surface area contributed by atoms with E-state index in [0.717, 1.165) is 42.1 Å². The molecule has 0 radical (unpaired) electrons. The molecule has 0 aliphatic heterocycles. The summed E-state index contributed by atoms with van der Waals surface area (Å²) in [4.78, 5) is 0. The van der Waals surface area contributed by atoms with Gasteiger partial charge in [0.25, 0.3) is 0 Å². The molecule has 18 heavy (non-hydrogen) atoms. The Morgan fingerprint density at radius 1 is 1.22 bits per heavy atom. The molecule has 3 nitrogen and oxygen atoms in total. The van der Waals surface area contributed by atoms with Crippen LogP contribution in [0.25, 0.3) is 0 Å². The first-order chi connectivity index (χ1) is 8.50. The summed E-state index contributed by atoms with van der Waals surface area (Å²) in [5.41, 5.74) is 1.60. The lowest BCUT2D eigenvalue weighted by atomic mass is 10.0. The number of benzene rings is 1. The molecule has 5 heteroatoms. The Labute approximate surface area is 117 Å². The van der Waals surface area contributed by atoms with E-state index in [0.29, 0.717) is 5.69 Å². The molecular formula is C13H18BrNO2S. The van der Waals surface area contributed by atoms with Gasteiger partial charge in [0.05, 0.1) is 10.9 Å². The van der Waals surface area contributed by atoms with Gasteiger partial charge in [-0.15, -0.1) is 0 Å². The van der Waals surface area contributed by atoms with E-state index in [1.54, 1.807) is 6.07 Å². The van der Waals surface area contributed by atoms with Gasteiger partial charge in [0.15, 0.2) is 0 Å². The Bertz CT molecular complexity index is 522. The van der Waals surface area contributed by atoms with Crippen molar-refractivity contribution in [1.29, 1.82) is 0 Å². The molecule has 100 valence electrons. The van der Waals surface area contributed by atoms with E-state index in [-0.39, 0.29) is 5.25 Å². The number of halogens is 1. The Kier molecular flexibility index (Phi) is 4.33. The average molecular weight is 332 g/mol. The van der Waals surface area contributed by atoms with Gasteiger partial charge in [-0.1, -0.05) is 41.3 Å². The zero-order valence-corrected chi connectivity index (χ0v) is 12.9. The lowest BCUT2D eigenvalue weighted by Gasteiger charge is -2.23. The quantitative estimate of drug-likeness (QED) is 0.914. The molecule has 0 bridgehead atoms. The second-order valence-electron chi connectivity index (χ2n) is 4.82. The van der Waals surface area contributed by atoms with Gasteiger partial charge in [0.1, 0.15) is 0 Å². The number of anilines is 1. The summed E-state index contributed by atoms with van der Waals surface area (Å²) in [6, 6.07) is 5.56. The molecule has 1 aliphatic carbocycles. The van der Waals surface area contributed by atoms with Crippen LogP contribution < -0.4 is 4.72 Å². The number of rotatable bonds is 3. The summed E-state index contributed by atoms with van der Waals surface area (Å²) in [5, 5.41) is -0.232. The topological polar surface area (TPSA) is 46.2 Å². The fourth-order valence-electron chi connectivity index (χ4n) is 2.33. The van der Waals surface area contributed by atoms with Gasteiger partial charge in [-0.2, -0.15) is 0 Å². The standard InChI is InChI=1S/C13H18BrNO2S/c1-10-12(14)8-5-9-13(10)15-18(16,17)11-6-3-2-4-7-11/h5,8-9,11,15H,2-4,6-7H2,1H3. The fourth-order valence-corrected chi connectivity index (χ4v) is 4.34. The van der Waals surface area contributed by atoms with Crippen LogP contribution in [0.2, 0.25) is 0 Å². The first kappa shape index (κ1) is 13.9. The highest BCUT2D eigenvalue weighted by Crippen LogP contribution is 2.28. The molecule has 0 aromatic heterocycles. The van der Waals surface area contributed by atoms with Crippen molar-refractivity contribution < 1.29 is 8.42 Å². The Morgan fingerprint density at radius 3 is 2.56 bits per heavy atom. The van der Waals surface area contributed by atoms with Crippen molar-refractivity contribution in [2.75, 3.05) is 4.72 Å². The first-order valence-corrected chi connectivity index (χ1v) is 8.61. The predicted molar refractivity (Wildman–Crippen MR) is 78.3 cm³/mol. The third kappa shape index (κ3) is 3.06. The second kappa shape index (κ2) is 5.61. The van der Waals surface area contributed by atoms with Crippen LogP contribution in [0.5, 0.6) is 0 Å². The molecule has 1 fully saturated rings. The summed E-state index contributed by atoms with van der Waals surface area (Å²) in [6.45, 7) is 1.91. The fraction of sp³-hybridized carbons (Fsp3) is 0.538. The highest BCUT2D eigenvalue weighted by Gasteiger charge is 2.27. The van der Waals surface area contributed by atoms with Crippen molar-refractivity contribution in [2.24, 2.45) is 0 Å². The van der Waals surface area contributed by atoms with Gasteiger partial charge in [-0.3, -0.25) is 4.72 Å². The smallest absolute Gasteiger partial charge is 0.235 e. The monoisotopic (exact) mass is 331 g/mol. The van der Waals surface area contributed by atoms with Crippen molar-refractivity contribution in [3.8, 4) is 0 Å². The van der Waals surface area contributed by atoms with Crippen LogP contribution in [-0.2, 0) is 10.0 Å². The van der Waals surface area contributed by atoms with Crippen LogP contribution in [-0.4, -0.2) is 13.7 Å². The molecule has 1 saturated carbocycles. The lowest BCUT2D eigenvalue weighted by Crippen LogP contribution is -2.29. The minimum Gasteiger partial charge on any atom is -0.283 e. The summed E-state index contributed by atoms with van der Waals surface area (Å²) >= 11 is 3.41. The third-order valence-corrected chi connectivity index (χ3v) is 6.22. The third-order valence-electron chi connectivity index (χ3n) is 3.51. The van der Waals surface area contributed by atoms with E-state index in [1.165, 1.54) is 0 Å².